The van der Waals surface area contributed by atoms with E-state index in [4.69, 9.17) is 16.7 Å². The van der Waals surface area contributed by atoms with Crippen molar-refractivity contribution in [3.63, 3.8) is 0 Å². The summed E-state index contributed by atoms with van der Waals surface area (Å²) in [4.78, 5) is 25.8. The van der Waals surface area contributed by atoms with Crippen LogP contribution in [-0.4, -0.2) is 28.6 Å². The summed E-state index contributed by atoms with van der Waals surface area (Å²) in [6.45, 7) is 13.5. The number of carboxylic acid groups (broad SMARTS) is 1. The summed E-state index contributed by atoms with van der Waals surface area (Å²) >= 11 is 6.68. The van der Waals surface area contributed by atoms with E-state index in [1.54, 1.807) is 4.90 Å². The molecule has 1 aromatic carbocycles. The van der Waals surface area contributed by atoms with Crippen molar-refractivity contribution in [2.75, 3.05) is 6.54 Å². The van der Waals surface area contributed by atoms with E-state index in [9.17, 15) is 9.59 Å². The van der Waals surface area contributed by atoms with Gasteiger partial charge < -0.3 is 15.3 Å². The summed E-state index contributed by atoms with van der Waals surface area (Å²) in [5.74, 6) is -0.563. The minimum atomic E-state index is -0.738. The number of halogens is 1. The van der Waals surface area contributed by atoms with Crippen molar-refractivity contribution in [3.05, 3.63) is 46.1 Å². The van der Waals surface area contributed by atoms with Crippen LogP contribution in [0, 0.1) is 23.2 Å². The quantitative estimate of drug-likeness (QED) is 0.508. The molecule has 1 aliphatic heterocycles. The van der Waals surface area contributed by atoms with Crippen LogP contribution in [0.25, 0.3) is 0 Å². The van der Waals surface area contributed by atoms with Crippen LogP contribution in [0.4, 0.5) is 4.79 Å². The van der Waals surface area contributed by atoms with Crippen LogP contribution in [0.5, 0.6) is 0 Å². The number of carboxylic acids is 1. The van der Waals surface area contributed by atoms with Crippen molar-refractivity contribution < 1.29 is 14.7 Å². The Morgan fingerprint density at radius 3 is 2.50 bits per heavy atom. The third-order valence-corrected chi connectivity index (χ3v) is 7.28. The molecule has 2 amide bonds. The monoisotopic (exact) mass is 460 g/mol. The number of aliphatic carboxylic acids is 1. The van der Waals surface area contributed by atoms with Gasteiger partial charge in [-0.2, -0.15) is 0 Å². The summed E-state index contributed by atoms with van der Waals surface area (Å²) in [6, 6.07) is 6.02. The number of carbonyl (C=O) groups is 2. The number of benzene rings is 1. The molecule has 6 heteroatoms. The maximum Gasteiger partial charge on any atom is 0.322 e. The summed E-state index contributed by atoms with van der Waals surface area (Å²) in [5, 5.41) is 13.1. The van der Waals surface area contributed by atoms with Crippen molar-refractivity contribution in [2.45, 2.75) is 72.8 Å². The van der Waals surface area contributed by atoms with Crippen LogP contribution in [-0.2, 0) is 16.8 Å². The lowest BCUT2D eigenvalue weighted by Crippen LogP contribution is -2.56. The lowest BCUT2D eigenvalue weighted by atomic mass is 9.74. The molecule has 2 N–H and O–H groups in total. The van der Waals surface area contributed by atoms with Gasteiger partial charge in [-0.1, -0.05) is 58.4 Å². The number of carbonyl (C=O) groups excluding carboxylic acids is 1. The normalized spacial score (nSPS) is 25.9. The van der Waals surface area contributed by atoms with E-state index in [0.717, 1.165) is 34.6 Å². The molecular weight excluding hydrogens is 424 g/mol. The molecule has 1 heterocycles. The van der Waals surface area contributed by atoms with E-state index in [0.29, 0.717) is 19.4 Å². The van der Waals surface area contributed by atoms with E-state index in [2.05, 4.69) is 52.1 Å². The van der Waals surface area contributed by atoms with Crippen molar-refractivity contribution in [1.29, 1.82) is 0 Å². The fourth-order valence-electron chi connectivity index (χ4n) is 4.75. The molecule has 0 bridgehead atoms. The molecule has 5 nitrogen and oxygen atoms in total. The Hall–Kier alpha value is -2.01. The molecule has 2 aliphatic rings. The SMILES string of the molecule is CC(C)C1=CN(CC2CC(C(=O)O)C2)C(=O)NC1(C)c1ccc(CCC(C)(C)C)c(Cl)c1. The van der Waals surface area contributed by atoms with Gasteiger partial charge in [0, 0.05) is 17.8 Å². The fourth-order valence-corrected chi connectivity index (χ4v) is 5.02. The predicted molar refractivity (Wildman–Crippen MR) is 129 cm³/mol. The molecule has 0 saturated heterocycles. The molecular formula is C26H37ClN2O3. The van der Waals surface area contributed by atoms with Gasteiger partial charge >= 0.3 is 12.0 Å². The average Bonchev–Trinajstić information content (AvgIpc) is 2.63. The van der Waals surface area contributed by atoms with Gasteiger partial charge in [-0.3, -0.25) is 4.79 Å². The zero-order chi connectivity index (χ0) is 23.8. The van der Waals surface area contributed by atoms with Crippen LogP contribution < -0.4 is 5.32 Å². The van der Waals surface area contributed by atoms with E-state index in [-0.39, 0.29) is 29.2 Å². The van der Waals surface area contributed by atoms with E-state index in [1.807, 2.05) is 19.2 Å². The molecule has 1 fully saturated rings. The van der Waals surface area contributed by atoms with Crippen molar-refractivity contribution in [3.8, 4) is 0 Å². The maximum absolute atomic E-state index is 13.0. The molecule has 0 aromatic heterocycles. The fraction of sp³-hybridized carbons (Fsp3) is 0.615. The zero-order valence-corrected chi connectivity index (χ0v) is 20.9. The highest BCUT2D eigenvalue weighted by molar-refractivity contribution is 6.31. The third kappa shape index (κ3) is 5.31. The molecule has 176 valence electrons. The van der Waals surface area contributed by atoms with E-state index < -0.39 is 11.5 Å². The molecule has 1 atom stereocenters. The largest absolute Gasteiger partial charge is 0.481 e. The molecule has 1 aliphatic carbocycles. The first-order chi connectivity index (χ1) is 14.8. The maximum atomic E-state index is 13.0. The molecule has 32 heavy (non-hydrogen) atoms. The second-order valence-electron chi connectivity index (χ2n) is 11.2. The lowest BCUT2D eigenvalue weighted by Gasteiger charge is -2.44. The van der Waals surface area contributed by atoms with Crippen LogP contribution in [0.3, 0.4) is 0 Å². The standard InChI is InChI=1S/C26H37ClN2O3/c1-16(2)21-15-29(14-17-11-19(12-17)23(30)31)24(32)28-26(21,6)20-8-7-18(22(27)13-20)9-10-25(3,4)5/h7-8,13,15-17,19H,9-12,14H2,1-6H3,(H,28,32)(H,30,31). The minimum absolute atomic E-state index is 0.149. The summed E-state index contributed by atoms with van der Waals surface area (Å²) in [6.07, 6.45) is 5.21. The molecule has 1 saturated carbocycles. The smallest absolute Gasteiger partial charge is 0.322 e. The number of urea groups is 1. The summed E-state index contributed by atoms with van der Waals surface area (Å²) < 4.78 is 0. The van der Waals surface area contributed by atoms with Gasteiger partial charge in [-0.25, -0.2) is 4.79 Å². The van der Waals surface area contributed by atoms with Gasteiger partial charge in [0.1, 0.15) is 0 Å². The number of hydrogen-bond donors (Lipinski definition) is 2. The Balaban J connectivity index is 1.82. The number of aryl methyl sites for hydroxylation is 1. The lowest BCUT2D eigenvalue weighted by molar-refractivity contribution is -0.146. The predicted octanol–water partition coefficient (Wildman–Crippen LogP) is 6.21. The Bertz CT molecular complexity index is 912. The highest BCUT2D eigenvalue weighted by Crippen LogP contribution is 2.40. The first-order valence-corrected chi connectivity index (χ1v) is 12.0. The Labute approximate surface area is 197 Å². The Morgan fingerprint density at radius 1 is 1.31 bits per heavy atom. The second kappa shape index (κ2) is 9.09. The first kappa shape index (κ1) is 24.6. The van der Waals surface area contributed by atoms with Gasteiger partial charge in [0.2, 0.25) is 0 Å². The highest BCUT2D eigenvalue weighted by atomic mass is 35.5. The molecule has 0 spiro atoms. The van der Waals surface area contributed by atoms with Gasteiger partial charge in [-0.05, 0) is 72.6 Å². The molecule has 3 rings (SSSR count). The van der Waals surface area contributed by atoms with Gasteiger partial charge in [0.25, 0.3) is 0 Å². The van der Waals surface area contributed by atoms with Gasteiger partial charge in [0.05, 0.1) is 11.5 Å². The number of nitrogens with zero attached hydrogens (tertiary/aromatic N) is 1. The molecule has 1 aromatic rings. The highest BCUT2D eigenvalue weighted by Gasteiger charge is 2.42. The molecule has 0 radical (unpaired) electrons. The number of amides is 2. The van der Waals surface area contributed by atoms with Crippen LogP contribution >= 0.6 is 11.6 Å². The van der Waals surface area contributed by atoms with Crippen LogP contribution in [0.1, 0.15) is 71.9 Å². The summed E-state index contributed by atoms with van der Waals surface area (Å²) in [7, 11) is 0. The van der Waals surface area contributed by atoms with Crippen LogP contribution in [0.2, 0.25) is 5.02 Å². The summed E-state index contributed by atoms with van der Waals surface area (Å²) in [5.41, 5.74) is 2.82. The van der Waals surface area contributed by atoms with Gasteiger partial charge in [0.15, 0.2) is 0 Å². The number of hydrogen-bond acceptors (Lipinski definition) is 2. The van der Waals surface area contributed by atoms with Crippen molar-refractivity contribution in [2.24, 2.45) is 23.2 Å². The van der Waals surface area contributed by atoms with Gasteiger partial charge in [-0.15, -0.1) is 0 Å². The third-order valence-electron chi connectivity index (χ3n) is 6.93. The second-order valence-corrected chi connectivity index (χ2v) is 11.6. The van der Waals surface area contributed by atoms with Crippen molar-refractivity contribution in [1.82, 2.24) is 10.2 Å². The topological polar surface area (TPSA) is 69.6 Å². The average molecular weight is 461 g/mol. The Kier molecular flexibility index (Phi) is 6.99. The zero-order valence-electron chi connectivity index (χ0n) is 20.2. The Morgan fingerprint density at radius 2 is 1.97 bits per heavy atom. The van der Waals surface area contributed by atoms with Crippen LogP contribution in [0.15, 0.2) is 30.0 Å². The number of nitrogens with one attached hydrogen (secondary N) is 1. The van der Waals surface area contributed by atoms with E-state index in [1.165, 1.54) is 0 Å². The first-order valence-electron chi connectivity index (χ1n) is 11.6. The van der Waals surface area contributed by atoms with E-state index >= 15 is 0 Å². The molecule has 1 unspecified atom stereocenters. The number of rotatable bonds is 7. The van der Waals surface area contributed by atoms with Crippen molar-refractivity contribution >= 4 is 23.6 Å². The minimum Gasteiger partial charge on any atom is -0.481 e.